The minimum absolute atomic E-state index is 0.112. The van der Waals surface area contributed by atoms with Crippen molar-refractivity contribution < 1.29 is 14.6 Å². The van der Waals surface area contributed by atoms with Gasteiger partial charge in [-0.05, 0) is 24.8 Å². The minimum Gasteiger partial charge on any atom is -0.481 e. The molecule has 1 aromatic carbocycles. The normalized spacial score (nSPS) is 21.9. The van der Waals surface area contributed by atoms with Crippen molar-refractivity contribution in [3.05, 3.63) is 35.9 Å². The number of rotatable bonds is 4. The Bertz CT molecular complexity index is 341. The molecule has 0 amide bonds. The van der Waals surface area contributed by atoms with E-state index in [9.17, 15) is 9.90 Å². The highest BCUT2D eigenvalue weighted by atomic mass is 16.5. The van der Waals surface area contributed by atoms with E-state index in [1.165, 1.54) is 0 Å². The van der Waals surface area contributed by atoms with Crippen LogP contribution in [-0.4, -0.2) is 23.8 Å². The van der Waals surface area contributed by atoms with Crippen LogP contribution >= 0.6 is 0 Å². The summed E-state index contributed by atoms with van der Waals surface area (Å²) in [6.07, 6.45) is 2.73. The number of benzene rings is 1. The largest absolute Gasteiger partial charge is 0.481 e. The maximum atomic E-state index is 11.2. The molecule has 1 fully saturated rings. The number of hydrogen-bond acceptors (Lipinski definition) is 2. The summed E-state index contributed by atoms with van der Waals surface area (Å²) in [7, 11) is 0. The maximum absolute atomic E-state index is 11.2. The van der Waals surface area contributed by atoms with Crippen molar-refractivity contribution >= 4 is 5.97 Å². The highest BCUT2D eigenvalue weighted by Gasteiger charge is 2.26. The van der Waals surface area contributed by atoms with Crippen molar-refractivity contribution in [1.29, 1.82) is 0 Å². The van der Waals surface area contributed by atoms with E-state index in [0.29, 0.717) is 6.42 Å². The first-order chi connectivity index (χ1) is 7.77. The van der Waals surface area contributed by atoms with Crippen molar-refractivity contribution in [3.63, 3.8) is 0 Å². The fraction of sp³-hybridized carbons (Fsp3) is 0.462. The summed E-state index contributed by atoms with van der Waals surface area (Å²) in [6, 6.07) is 9.39. The van der Waals surface area contributed by atoms with Gasteiger partial charge in [0.05, 0.1) is 12.0 Å². The van der Waals surface area contributed by atoms with Crippen molar-refractivity contribution in [2.75, 3.05) is 6.61 Å². The topological polar surface area (TPSA) is 46.5 Å². The van der Waals surface area contributed by atoms with Crippen molar-refractivity contribution in [3.8, 4) is 0 Å². The lowest BCUT2D eigenvalue weighted by Gasteiger charge is -2.16. The summed E-state index contributed by atoms with van der Waals surface area (Å²) in [5.41, 5.74) is 0.866. The van der Waals surface area contributed by atoms with Crippen LogP contribution in [0.25, 0.3) is 0 Å². The monoisotopic (exact) mass is 220 g/mol. The van der Waals surface area contributed by atoms with Crippen molar-refractivity contribution in [2.24, 2.45) is 0 Å². The molecule has 16 heavy (non-hydrogen) atoms. The van der Waals surface area contributed by atoms with E-state index in [1.54, 1.807) is 0 Å². The molecule has 0 saturated carbocycles. The molecule has 1 aliphatic rings. The molecule has 0 aromatic heterocycles. The van der Waals surface area contributed by atoms with Gasteiger partial charge in [0.15, 0.2) is 0 Å². The Labute approximate surface area is 95.0 Å². The van der Waals surface area contributed by atoms with Gasteiger partial charge in [0.2, 0.25) is 0 Å². The van der Waals surface area contributed by atoms with Gasteiger partial charge < -0.3 is 9.84 Å². The van der Waals surface area contributed by atoms with Crippen LogP contribution in [0.1, 0.15) is 30.7 Å². The van der Waals surface area contributed by atoms with Crippen molar-refractivity contribution in [1.82, 2.24) is 0 Å². The Morgan fingerprint density at radius 1 is 1.44 bits per heavy atom. The van der Waals surface area contributed by atoms with Crippen LogP contribution in [-0.2, 0) is 9.53 Å². The summed E-state index contributed by atoms with van der Waals surface area (Å²) in [5, 5.41) is 9.23. The third kappa shape index (κ3) is 2.61. The third-order valence-electron chi connectivity index (χ3n) is 3.02. The van der Waals surface area contributed by atoms with Gasteiger partial charge in [-0.15, -0.1) is 0 Å². The second-order valence-corrected chi connectivity index (χ2v) is 4.17. The molecule has 2 rings (SSSR count). The number of hydrogen-bond donors (Lipinski definition) is 1. The molecule has 3 nitrogen and oxygen atoms in total. The predicted octanol–water partition coefficient (Wildman–Crippen LogP) is 2.42. The Kier molecular flexibility index (Phi) is 3.57. The summed E-state index contributed by atoms with van der Waals surface area (Å²) in [5.74, 6) is -1.20. The molecule has 1 aliphatic heterocycles. The van der Waals surface area contributed by atoms with Gasteiger partial charge in [0.1, 0.15) is 0 Å². The molecule has 0 radical (unpaired) electrons. The van der Waals surface area contributed by atoms with Gasteiger partial charge in [0.25, 0.3) is 0 Å². The highest BCUT2D eigenvalue weighted by molar-refractivity contribution is 5.76. The molecule has 1 heterocycles. The van der Waals surface area contributed by atoms with Gasteiger partial charge in [-0.25, -0.2) is 0 Å². The van der Waals surface area contributed by atoms with Gasteiger partial charge in [-0.1, -0.05) is 30.3 Å². The molecule has 3 heteroatoms. The molecule has 1 N–H and O–H groups in total. The first-order valence-corrected chi connectivity index (χ1v) is 5.66. The molecule has 0 aliphatic carbocycles. The predicted molar refractivity (Wildman–Crippen MR) is 60.4 cm³/mol. The van der Waals surface area contributed by atoms with E-state index in [0.717, 1.165) is 25.0 Å². The quantitative estimate of drug-likeness (QED) is 0.847. The van der Waals surface area contributed by atoms with Crippen LogP contribution in [0, 0.1) is 0 Å². The fourth-order valence-electron chi connectivity index (χ4n) is 2.16. The van der Waals surface area contributed by atoms with Crippen molar-refractivity contribution in [2.45, 2.75) is 31.3 Å². The van der Waals surface area contributed by atoms with Gasteiger partial charge >= 0.3 is 5.97 Å². The third-order valence-corrected chi connectivity index (χ3v) is 3.02. The molecular weight excluding hydrogens is 204 g/mol. The van der Waals surface area contributed by atoms with E-state index in [4.69, 9.17) is 4.74 Å². The zero-order valence-corrected chi connectivity index (χ0v) is 9.13. The summed E-state index contributed by atoms with van der Waals surface area (Å²) < 4.78 is 5.49. The SMILES string of the molecule is O=C(O)C(CC1CCCO1)c1ccccc1. The molecule has 1 saturated heterocycles. The molecular formula is C13H16O3. The number of carboxylic acids is 1. The van der Waals surface area contributed by atoms with Crippen LogP contribution in [0.5, 0.6) is 0 Å². The summed E-state index contributed by atoms with van der Waals surface area (Å²) in [6.45, 7) is 0.770. The average molecular weight is 220 g/mol. The van der Waals surface area contributed by atoms with E-state index in [-0.39, 0.29) is 6.10 Å². The lowest BCUT2D eigenvalue weighted by atomic mass is 9.92. The summed E-state index contributed by atoms with van der Waals surface area (Å²) in [4.78, 5) is 11.2. The van der Waals surface area contributed by atoms with Crippen LogP contribution in [0.15, 0.2) is 30.3 Å². The zero-order chi connectivity index (χ0) is 11.4. The van der Waals surface area contributed by atoms with Gasteiger partial charge in [-0.2, -0.15) is 0 Å². The Hall–Kier alpha value is -1.35. The first-order valence-electron chi connectivity index (χ1n) is 5.66. The summed E-state index contributed by atoms with van der Waals surface area (Å²) >= 11 is 0. The van der Waals surface area contributed by atoms with E-state index in [2.05, 4.69) is 0 Å². The molecule has 86 valence electrons. The van der Waals surface area contributed by atoms with E-state index >= 15 is 0 Å². The average Bonchev–Trinajstić information content (AvgIpc) is 2.79. The zero-order valence-electron chi connectivity index (χ0n) is 9.13. The van der Waals surface area contributed by atoms with Crippen LogP contribution in [0.2, 0.25) is 0 Å². The second kappa shape index (κ2) is 5.12. The number of aliphatic carboxylic acids is 1. The number of carboxylic acid groups (broad SMARTS) is 1. The molecule has 1 aromatic rings. The van der Waals surface area contributed by atoms with Crippen LogP contribution in [0.4, 0.5) is 0 Å². The lowest BCUT2D eigenvalue weighted by Crippen LogP contribution is -2.18. The smallest absolute Gasteiger partial charge is 0.311 e. The highest BCUT2D eigenvalue weighted by Crippen LogP contribution is 2.27. The second-order valence-electron chi connectivity index (χ2n) is 4.17. The van der Waals surface area contributed by atoms with E-state index < -0.39 is 11.9 Å². The number of ether oxygens (including phenoxy) is 1. The lowest BCUT2D eigenvalue weighted by molar-refractivity contribution is -0.139. The first kappa shape index (κ1) is 11.1. The molecule has 2 unspecified atom stereocenters. The minimum atomic E-state index is -0.762. The number of carbonyl (C=O) groups is 1. The molecule has 0 bridgehead atoms. The van der Waals surface area contributed by atoms with E-state index in [1.807, 2.05) is 30.3 Å². The van der Waals surface area contributed by atoms with Gasteiger partial charge in [0, 0.05) is 6.61 Å². The van der Waals surface area contributed by atoms with Crippen LogP contribution < -0.4 is 0 Å². The molecule has 2 atom stereocenters. The standard InChI is InChI=1S/C13H16O3/c14-13(15)12(9-11-7-4-8-16-11)10-5-2-1-3-6-10/h1-3,5-6,11-12H,4,7-9H2,(H,14,15). The van der Waals surface area contributed by atoms with Gasteiger partial charge in [-0.3, -0.25) is 4.79 Å². The Morgan fingerprint density at radius 3 is 2.75 bits per heavy atom. The van der Waals surface area contributed by atoms with Crippen LogP contribution in [0.3, 0.4) is 0 Å². The fourth-order valence-corrected chi connectivity index (χ4v) is 2.16. The molecule has 0 spiro atoms. The Morgan fingerprint density at radius 2 is 2.19 bits per heavy atom. The maximum Gasteiger partial charge on any atom is 0.311 e. The Balaban J connectivity index is 2.08.